The number of aromatic amines is 1. The van der Waals surface area contributed by atoms with Gasteiger partial charge in [0.05, 0.1) is 14.2 Å². The number of H-pyrrole nitrogens is 1. The molecule has 1 fully saturated rings. The Morgan fingerprint density at radius 1 is 1.16 bits per heavy atom. The highest BCUT2D eigenvalue weighted by Gasteiger charge is 2.34. The number of anilines is 1. The van der Waals surface area contributed by atoms with Gasteiger partial charge in [-0.15, -0.1) is 0 Å². The van der Waals surface area contributed by atoms with Crippen LogP contribution < -0.4 is 20.9 Å². The quantitative estimate of drug-likeness (QED) is 0.749. The Hall–Kier alpha value is -3.03. The average Bonchev–Trinajstić information content (AvgIpc) is 2.91. The lowest BCUT2D eigenvalue weighted by atomic mass is 9.75. The fourth-order valence-electron chi connectivity index (χ4n) is 3.47. The second-order valence-electron chi connectivity index (χ2n) is 6.22. The fraction of sp³-hybridized carbons (Fsp3) is 0.353. The number of nitrogens with two attached hydrogens (primary N) is 1. The van der Waals surface area contributed by atoms with Crippen LogP contribution in [0.5, 0.6) is 11.5 Å². The number of imidazole rings is 1. The standard InChI is InChI=1S/C17H19N5O3/c1-24-12-5-10(6-13(7-12)25-2)9-3-11(4-9)22-14-15(18)19-8-20-16(14)21-17(22)23/h5-9,11H,3-4H2,1-2H3,(H3,18,19,20,21,23). The molecule has 3 N–H and O–H groups in total. The molecule has 3 aromatic rings. The first-order valence-corrected chi connectivity index (χ1v) is 8.04. The summed E-state index contributed by atoms with van der Waals surface area (Å²) in [5.74, 6) is 2.17. The van der Waals surface area contributed by atoms with Crippen LogP contribution in [-0.4, -0.2) is 33.7 Å². The lowest BCUT2D eigenvalue weighted by Gasteiger charge is -2.36. The molecule has 2 aromatic heterocycles. The minimum Gasteiger partial charge on any atom is -0.497 e. The van der Waals surface area contributed by atoms with Gasteiger partial charge < -0.3 is 15.2 Å². The summed E-state index contributed by atoms with van der Waals surface area (Å²) in [7, 11) is 3.27. The molecule has 25 heavy (non-hydrogen) atoms. The molecule has 0 aliphatic heterocycles. The fourth-order valence-corrected chi connectivity index (χ4v) is 3.47. The van der Waals surface area contributed by atoms with Crippen LogP contribution in [-0.2, 0) is 0 Å². The van der Waals surface area contributed by atoms with Crippen LogP contribution in [0, 0.1) is 0 Å². The second kappa shape index (κ2) is 5.80. The summed E-state index contributed by atoms with van der Waals surface area (Å²) in [5, 5.41) is 0. The number of methoxy groups -OCH3 is 2. The van der Waals surface area contributed by atoms with Gasteiger partial charge in [-0.1, -0.05) is 0 Å². The van der Waals surface area contributed by atoms with E-state index in [1.807, 2.05) is 18.2 Å². The van der Waals surface area contributed by atoms with E-state index in [0.29, 0.717) is 22.9 Å². The lowest BCUT2D eigenvalue weighted by Crippen LogP contribution is -2.31. The zero-order chi connectivity index (χ0) is 17.6. The van der Waals surface area contributed by atoms with Crippen LogP contribution in [0.1, 0.15) is 30.4 Å². The summed E-state index contributed by atoms with van der Waals surface area (Å²) in [6.07, 6.45) is 3.01. The zero-order valence-electron chi connectivity index (χ0n) is 14.0. The molecule has 1 aromatic carbocycles. The smallest absolute Gasteiger partial charge is 0.328 e. The Bertz CT molecular complexity index is 965. The van der Waals surface area contributed by atoms with Crippen molar-refractivity contribution >= 4 is 17.0 Å². The number of rotatable bonds is 4. The number of nitrogens with zero attached hydrogens (tertiary/aromatic N) is 3. The summed E-state index contributed by atoms with van der Waals surface area (Å²) in [6, 6.07) is 5.94. The summed E-state index contributed by atoms with van der Waals surface area (Å²) >= 11 is 0. The molecule has 0 unspecified atom stereocenters. The number of hydrogen-bond donors (Lipinski definition) is 2. The molecule has 0 bridgehead atoms. The Labute approximate surface area is 143 Å². The van der Waals surface area contributed by atoms with Crippen molar-refractivity contribution in [2.45, 2.75) is 24.8 Å². The van der Waals surface area contributed by atoms with Gasteiger partial charge in [0.25, 0.3) is 0 Å². The minimum absolute atomic E-state index is 0.0664. The maximum atomic E-state index is 12.3. The van der Waals surface area contributed by atoms with Crippen LogP contribution >= 0.6 is 0 Å². The number of ether oxygens (including phenoxy) is 2. The summed E-state index contributed by atoms with van der Waals surface area (Å²) in [5.41, 5.74) is 7.95. The molecule has 2 heterocycles. The molecular weight excluding hydrogens is 322 g/mol. The van der Waals surface area contributed by atoms with E-state index in [0.717, 1.165) is 29.9 Å². The number of nitrogens with one attached hydrogen (secondary N) is 1. The molecule has 0 spiro atoms. The number of nitrogen functional groups attached to an aromatic ring is 1. The molecule has 1 saturated carbocycles. The Morgan fingerprint density at radius 2 is 1.84 bits per heavy atom. The van der Waals surface area contributed by atoms with Crippen molar-refractivity contribution in [3.8, 4) is 11.5 Å². The lowest BCUT2D eigenvalue weighted by molar-refractivity contribution is 0.264. The molecular formula is C17H19N5O3. The second-order valence-corrected chi connectivity index (χ2v) is 6.22. The average molecular weight is 341 g/mol. The number of aromatic nitrogens is 4. The first-order valence-electron chi connectivity index (χ1n) is 8.04. The van der Waals surface area contributed by atoms with Crippen LogP contribution in [0.2, 0.25) is 0 Å². The third kappa shape index (κ3) is 2.50. The normalized spacial score (nSPS) is 19.6. The predicted octanol–water partition coefficient (Wildman–Crippen LogP) is 1.84. The van der Waals surface area contributed by atoms with E-state index in [1.54, 1.807) is 18.8 Å². The van der Waals surface area contributed by atoms with E-state index in [9.17, 15) is 4.79 Å². The van der Waals surface area contributed by atoms with Gasteiger partial charge in [-0.2, -0.15) is 0 Å². The van der Waals surface area contributed by atoms with E-state index < -0.39 is 0 Å². The first kappa shape index (κ1) is 15.5. The Kier molecular flexibility index (Phi) is 3.60. The van der Waals surface area contributed by atoms with Crippen molar-refractivity contribution in [2.75, 3.05) is 20.0 Å². The highest BCUT2D eigenvalue weighted by Crippen LogP contribution is 2.46. The van der Waals surface area contributed by atoms with Crippen molar-refractivity contribution in [1.82, 2.24) is 19.5 Å². The van der Waals surface area contributed by atoms with Gasteiger partial charge in [0.2, 0.25) is 0 Å². The van der Waals surface area contributed by atoms with Crippen LogP contribution in [0.15, 0.2) is 29.3 Å². The Balaban J connectivity index is 1.63. The molecule has 4 rings (SSSR count). The molecule has 1 aliphatic rings. The van der Waals surface area contributed by atoms with E-state index in [2.05, 4.69) is 15.0 Å². The SMILES string of the molecule is COc1cc(OC)cc(C2CC(n3c(=O)[nH]c4ncnc(N)c43)C2)c1. The highest BCUT2D eigenvalue weighted by molar-refractivity contribution is 5.81. The third-order valence-corrected chi connectivity index (χ3v) is 4.86. The van der Waals surface area contributed by atoms with Gasteiger partial charge in [0.1, 0.15) is 23.3 Å². The zero-order valence-corrected chi connectivity index (χ0v) is 14.0. The van der Waals surface area contributed by atoms with Gasteiger partial charge >= 0.3 is 5.69 Å². The van der Waals surface area contributed by atoms with Gasteiger partial charge in [-0.3, -0.25) is 9.55 Å². The van der Waals surface area contributed by atoms with Crippen LogP contribution in [0.3, 0.4) is 0 Å². The summed E-state index contributed by atoms with van der Waals surface area (Å²) < 4.78 is 12.3. The van der Waals surface area contributed by atoms with Gasteiger partial charge in [0.15, 0.2) is 11.5 Å². The van der Waals surface area contributed by atoms with Crippen LogP contribution in [0.4, 0.5) is 5.82 Å². The van der Waals surface area contributed by atoms with E-state index in [1.165, 1.54) is 6.33 Å². The number of benzene rings is 1. The number of fused-ring (bicyclic) bond motifs is 1. The maximum Gasteiger partial charge on any atom is 0.328 e. The molecule has 8 nitrogen and oxygen atoms in total. The van der Waals surface area contributed by atoms with Gasteiger partial charge in [0, 0.05) is 12.1 Å². The molecule has 0 atom stereocenters. The molecule has 0 radical (unpaired) electrons. The van der Waals surface area contributed by atoms with Crippen molar-refractivity contribution in [1.29, 1.82) is 0 Å². The monoisotopic (exact) mass is 341 g/mol. The van der Waals surface area contributed by atoms with Crippen molar-refractivity contribution < 1.29 is 9.47 Å². The molecule has 0 saturated heterocycles. The largest absolute Gasteiger partial charge is 0.497 e. The molecule has 130 valence electrons. The third-order valence-electron chi connectivity index (χ3n) is 4.86. The summed E-state index contributed by atoms with van der Waals surface area (Å²) in [4.78, 5) is 23.1. The predicted molar refractivity (Wildman–Crippen MR) is 93.1 cm³/mol. The van der Waals surface area contributed by atoms with Crippen molar-refractivity contribution in [2.24, 2.45) is 0 Å². The number of hydrogen-bond acceptors (Lipinski definition) is 6. The molecule has 0 amide bonds. The van der Waals surface area contributed by atoms with Gasteiger partial charge in [-0.25, -0.2) is 14.8 Å². The topological polar surface area (TPSA) is 108 Å². The van der Waals surface area contributed by atoms with E-state index in [4.69, 9.17) is 15.2 Å². The van der Waals surface area contributed by atoms with Crippen LogP contribution in [0.25, 0.3) is 11.2 Å². The first-order chi connectivity index (χ1) is 12.1. The minimum atomic E-state index is -0.200. The van der Waals surface area contributed by atoms with Crippen molar-refractivity contribution in [3.63, 3.8) is 0 Å². The molecule has 8 heteroatoms. The maximum absolute atomic E-state index is 12.3. The van der Waals surface area contributed by atoms with Gasteiger partial charge in [-0.05, 0) is 36.5 Å². The highest BCUT2D eigenvalue weighted by atomic mass is 16.5. The molecule has 1 aliphatic carbocycles. The van der Waals surface area contributed by atoms with Crippen molar-refractivity contribution in [3.05, 3.63) is 40.6 Å². The van der Waals surface area contributed by atoms with E-state index >= 15 is 0 Å². The Morgan fingerprint density at radius 3 is 2.48 bits per heavy atom. The van der Waals surface area contributed by atoms with E-state index in [-0.39, 0.29) is 11.7 Å². The summed E-state index contributed by atoms with van der Waals surface area (Å²) in [6.45, 7) is 0.